The first-order chi connectivity index (χ1) is 6.22. The van der Waals surface area contributed by atoms with Crippen LogP contribution in [0.1, 0.15) is 12.0 Å². The molecular weight excluding hydrogens is 235 g/mol. The van der Waals surface area contributed by atoms with Gasteiger partial charge in [-0.15, -0.1) is 0 Å². The summed E-state index contributed by atoms with van der Waals surface area (Å²) in [6, 6.07) is 1.87. The van der Waals surface area contributed by atoms with E-state index >= 15 is 0 Å². The van der Waals surface area contributed by atoms with Crippen LogP contribution in [-0.2, 0) is 6.42 Å². The zero-order chi connectivity index (χ0) is 9.68. The fraction of sp³-hybridized carbons (Fsp3) is 0.444. The average Bonchev–Trinajstić information content (AvgIpc) is 2.04. The predicted molar refractivity (Wildman–Crippen MR) is 54.2 cm³/mol. The molecular formula is C9H12BrFN2. The molecule has 2 nitrogen and oxygen atoms in total. The van der Waals surface area contributed by atoms with E-state index in [2.05, 4.69) is 20.9 Å². The van der Waals surface area contributed by atoms with Gasteiger partial charge in [-0.1, -0.05) is 0 Å². The molecule has 1 aromatic rings. The molecule has 72 valence electrons. The summed E-state index contributed by atoms with van der Waals surface area (Å²) in [5.74, 6) is 0. The van der Waals surface area contributed by atoms with Gasteiger partial charge in [-0.25, -0.2) is 4.39 Å². The first-order valence-electron chi connectivity index (χ1n) is 4.16. The summed E-state index contributed by atoms with van der Waals surface area (Å²) in [6.07, 6.45) is 3.30. The molecule has 13 heavy (non-hydrogen) atoms. The van der Waals surface area contributed by atoms with Gasteiger partial charge < -0.3 is 5.73 Å². The molecule has 0 spiro atoms. The minimum atomic E-state index is -0.860. The van der Waals surface area contributed by atoms with Crippen molar-refractivity contribution in [2.45, 2.75) is 19.0 Å². The van der Waals surface area contributed by atoms with Gasteiger partial charge in [-0.2, -0.15) is 0 Å². The highest BCUT2D eigenvalue weighted by Crippen LogP contribution is 2.13. The van der Waals surface area contributed by atoms with Crippen LogP contribution in [0.15, 0.2) is 22.9 Å². The maximum absolute atomic E-state index is 13.1. The highest BCUT2D eigenvalue weighted by molar-refractivity contribution is 9.10. The van der Waals surface area contributed by atoms with Gasteiger partial charge in [0.15, 0.2) is 0 Å². The van der Waals surface area contributed by atoms with Gasteiger partial charge in [-0.3, -0.25) is 4.98 Å². The second-order valence-corrected chi connectivity index (χ2v) is 3.81. The molecule has 0 bridgehead atoms. The van der Waals surface area contributed by atoms with Crippen molar-refractivity contribution in [1.82, 2.24) is 4.98 Å². The minimum Gasteiger partial charge on any atom is -0.330 e. The van der Waals surface area contributed by atoms with Crippen molar-refractivity contribution >= 4 is 15.9 Å². The van der Waals surface area contributed by atoms with E-state index in [-0.39, 0.29) is 0 Å². The molecule has 0 fully saturated rings. The van der Waals surface area contributed by atoms with Crippen LogP contribution >= 0.6 is 15.9 Å². The Morgan fingerprint density at radius 1 is 1.54 bits per heavy atom. The van der Waals surface area contributed by atoms with Crippen LogP contribution in [0.25, 0.3) is 0 Å². The normalized spacial score (nSPS) is 12.8. The Morgan fingerprint density at radius 3 is 2.92 bits per heavy atom. The second kappa shape index (κ2) is 5.29. The number of alkyl halides is 1. The van der Waals surface area contributed by atoms with Gasteiger partial charge in [0.05, 0.1) is 0 Å². The average molecular weight is 247 g/mol. The first-order valence-corrected chi connectivity index (χ1v) is 4.95. The highest BCUT2D eigenvalue weighted by Gasteiger charge is 2.06. The van der Waals surface area contributed by atoms with Gasteiger partial charge in [-0.05, 0) is 40.5 Å². The zero-order valence-electron chi connectivity index (χ0n) is 7.21. The lowest BCUT2D eigenvalue weighted by Gasteiger charge is -2.05. The molecule has 0 aliphatic rings. The van der Waals surface area contributed by atoms with E-state index in [4.69, 9.17) is 5.73 Å². The van der Waals surface area contributed by atoms with Gasteiger partial charge in [0.2, 0.25) is 0 Å². The Kier molecular flexibility index (Phi) is 4.32. The SMILES string of the molecule is NCCC(F)Cc1cncc(Br)c1. The number of hydrogen-bond acceptors (Lipinski definition) is 2. The summed E-state index contributed by atoms with van der Waals surface area (Å²) in [7, 11) is 0. The Balaban J connectivity index is 2.53. The summed E-state index contributed by atoms with van der Waals surface area (Å²) in [4.78, 5) is 3.95. The molecule has 0 aliphatic heterocycles. The Bertz CT molecular complexity index is 268. The van der Waals surface area contributed by atoms with E-state index in [9.17, 15) is 4.39 Å². The van der Waals surface area contributed by atoms with E-state index in [1.165, 1.54) is 0 Å². The lowest BCUT2D eigenvalue weighted by molar-refractivity contribution is 0.316. The van der Waals surface area contributed by atoms with Crippen molar-refractivity contribution in [3.63, 3.8) is 0 Å². The van der Waals surface area contributed by atoms with Crippen molar-refractivity contribution in [1.29, 1.82) is 0 Å². The molecule has 1 rings (SSSR count). The number of pyridine rings is 1. The van der Waals surface area contributed by atoms with Crippen LogP contribution in [0, 0.1) is 0 Å². The van der Waals surface area contributed by atoms with Crippen molar-refractivity contribution in [3.8, 4) is 0 Å². The zero-order valence-corrected chi connectivity index (χ0v) is 8.80. The van der Waals surface area contributed by atoms with E-state index in [1.54, 1.807) is 12.4 Å². The third-order valence-electron chi connectivity index (χ3n) is 1.70. The smallest absolute Gasteiger partial charge is 0.105 e. The Morgan fingerprint density at radius 2 is 2.31 bits per heavy atom. The van der Waals surface area contributed by atoms with E-state index in [0.29, 0.717) is 19.4 Å². The van der Waals surface area contributed by atoms with Crippen molar-refractivity contribution in [3.05, 3.63) is 28.5 Å². The molecule has 1 aromatic heterocycles. The summed E-state index contributed by atoms with van der Waals surface area (Å²) in [6.45, 7) is 0.391. The van der Waals surface area contributed by atoms with Gasteiger partial charge in [0, 0.05) is 23.3 Å². The van der Waals surface area contributed by atoms with Crippen LogP contribution in [0.2, 0.25) is 0 Å². The summed E-state index contributed by atoms with van der Waals surface area (Å²) < 4.78 is 14.0. The standard InChI is InChI=1S/C9H12BrFN2/c10-8-3-7(5-13-6-8)4-9(11)1-2-12/h3,5-6,9H,1-2,4,12H2. The third-order valence-corrected chi connectivity index (χ3v) is 2.13. The number of nitrogens with zero attached hydrogens (tertiary/aromatic N) is 1. The maximum atomic E-state index is 13.1. The predicted octanol–water partition coefficient (Wildman–Crippen LogP) is 2.07. The molecule has 0 amide bonds. The number of nitrogens with two attached hydrogens (primary N) is 1. The molecule has 0 radical (unpaired) electrons. The lowest BCUT2D eigenvalue weighted by Crippen LogP contribution is -2.11. The molecule has 0 aliphatic carbocycles. The molecule has 0 saturated carbocycles. The fourth-order valence-electron chi connectivity index (χ4n) is 1.11. The monoisotopic (exact) mass is 246 g/mol. The van der Waals surface area contributed by atoms with Crippen LogP contribution in [-0.4, -0.2) is 17.7 Å². The molecule has 1 atom stereocenters. The van der Waals surface area contributed by atoms with Crippen molar-refractivity contribution in [2.24, 2.45) is 5.73 Å². The number of halogens is 2. The Hall–Kier alpha value is -0.480. The Labute approximate surface area is 85.5 Å². The fourth-order valence-corrected chi connectivity index (χ4v) is 1.52. The highest BCUT2D eigenvalue weighted by atomic mass is 79.9. The van der Waals surface area contributed by atoms with Crippen LogP contribution in [0.5, 0.6) is 0 Å². The first kappa shape index (κ1) is 10.6. The lowest BCUT2D eigenvalue weighted by atomic mass is 10.1. The summed E-state index contributed by atoms with van der Waals surface area (Å²) in [5, 5.41) is 0. The van der Waals surface area contributed by atoms with E-state index in [0.717, 1.165) is 10.0 Å². The minimum absolute atomic E-state index is 0.391. The molecule has 1 unspecified atom stereocenters. The van der Waals surface area contributed by atoms with E-state index in [1.807, 2.05) is 6.07 Å². The van der Waals surface area contributed by atoms with E-state index < -0.39 is 6.17 Å². The molecule has 0 aromatic carbocycles. The topological polar surface area (TPSA) is 38.9 Å². The molecule has 1 heterocycles. The van der Waals surface area contributed by atoms with Gasteiger partial charge in [0.25, 0.3) is 0 Å². The summed E-state index contributed by atoms with van der Waals surface area (Å²) >= 11 is 3.28. The number of hydrogen-bond donors (Lipinski definition) is 1. The van der Waals surface area contributed by atoms with Crippen molar-refractivity contribution in [2.75, 3.05) is 6.54 Å². The van der Waals surface area contributed by atoms with Crippen LogP contribution < -0.4 is 5.73 Å². The largest absolute Gasteiger partial charge is 0.330 e. The maximum Gasteiger partial charge on any atom is 0.105 e. The van der Waals surface area contributed by atoms with Gasteiger partial charge in [0.1, 0.15) is 6.17 Å². The van der Waals surface area contributed by atoms with Gasteiger partial charge >= 0.3 is 0 Å². The van der Waals surface area contributed by atoms with Crippen LogP contribution in [0.4, 0.5) is 4.39 Å². The van der Waals surface area contributed by atoms with Crippen molar-refractivity contribution < 1.29 is 4.39 Å². The number of aromatic nitrogens is 1. The second-order valence-electron chi connectivity index (χ2n) is 2.89. The number of rotatable bonds is 4. The third kappa shape index (κ3) is 3.83. The summed E-state index contributed by atoms with van der Waals surface area (Å²) in [5.41, 5.74) is 6.15. The molecule has 0 saturated heterocycles. The molecule has 2 N–H and O–H groups in total. The quantitative estimate of drug-likeness (QED) is 0.884. The van der Waals surface area contributed by atoms with Crippen LogP contribution in [0.3, 0.4) is 0 Å². The molecule has 4 heteroatoms.